The van der Waals surface area contributed by atoms with Gasteiger partial charge < -0.3 is 0 Å². The highest BCUT2D eigenvalue weighted by Crippen LogP contribution is 2.42. The summed E-state index contributed by atoms with van der Waals surface area (Å²) in [6.07, 6.45) is 44.4. The molecule has 5 aromatic carbocycles. The maximum Gasteiger partial charge on any atom is 0.169 e. The Bertz CT molecular complexity index is 2320. The highest BCUT2D eigenvalue weighted by atomic mass is 14.9. The number of unbranched alkanes of at least 4 members (excludes halogenated alkanes) is 21. The topological polar surface area (TPSA) is 7.76 Å². The Hall–Kier alpha value is -4.30. The Balaban J connectivity index is 0.791. The van der Waals surface area contributed by atoms with Crippen LogP contribution in [0.1, 0.15) is 179 Å². The van der Waals surface area contributed by atoms with E-state index in [1.165, 1.54) is 226 Å². The first-order valence-corrected chi connectivity index (χ1v) is 25.8. The van der Waals surface area contributed by atoms with Gasteiger partial charge >= 0.3 is 0 Å². The fourth-order valence-corrected chi connectivity index (χ4v) is 10.4. The summed E-state index contributed by atoms with van der Waals surface area (Å²) in [5, 5.41) is 11.5. The summed E-state index contributed by atoms with van der Waals surface area (Å²) in [6, 6.07) is 32.9. The molecule has 0 unspecified atom stereocenters. The third-order valence-electron chi connectivity index (χ3n) is 14.1. The molecule has 0 aliphatic heterocycles. The smallest absolute Gasteiger partial charge is 0.169 e. The molecule has 2 nitrogen and oxygen atoms in total. The molecule has 62 heavy (non-hydrogen) atoms. The van der Waals surface area contributed by atoms with Gasteiger partial charge in [0, 0.05) is 37.1 Å². The number of benzene rings is 5. The number of hydrogen-bond acceptors (Lipinski definition) is 0. The van der Waals surface area contributed by atoms with E-state index in [2.05, 4.69) is 133 Å². The van der Waals surface area contributed by atoms with Crippen LogP contribution in [0.3, 0.4) is 0 Å². The molecule has 0 bridgehead atoms. The molecular weight excluding hydrogens is 749 g/mol. The largest absolute Gasteiger partial charge is 0.205 e. The first-order valence-electron chi connectivity index (χ1n) is 25.8. The molecule has 2 aromatic heterocycles. The minimum Gasteiger partial charge on any atom is -0.205 e. The average Bonchev–Trinajstić information content (AvgIpc) is 3.31. The molecule has 328 valence electrons. The molecule has 0 amide bonds. The standard InChI is InChI=1S/C60H80N2/c1-3-5-7-9-10-11-12-13-14-15-16-17-18-19-21-25-43-61-45-39-49(40-46-61)50-41-47-62(48-42-50)44-26-22-20-24-30-52-36-38-58-57-37-35-51(29-23-8-6-4-2)53-31-27-33-55(59(53)57)56-34-28-32-54(52)60(56)58/h27-28,31-42,45-48H,3-26,29-30,43-44H2,1-2H3/q+2. The summed E-state index contributed by atoms with van der Waals surface area (Å²) in [4.78, 5) is 0. The predicted molar refractivity (Wildman–Crippen MR) is 269 cm³/mol. The molecule has 0 aliphatic rings. The lowest BCUT2D eigenvalue weighted by Crippen LogP contribution is -2.33. The van der Waals surface area contributed by atoms with Crippen LogP contribution in [0.15, 0.2) is 110 Å². The molecule has 2 heteroatoms. The van der Waals surface area contributed by atoms with E-state index in [4.69, 9.17) is 0 Å². The minimum atomic E-state index is 1.08. The van der Waals surface area contributed by atoms with Crippen molar-refractivity contribution in [1.29, 1.82) is 0 Å². The number of pyridine rings is 2. The Morgan fingerprint density at radius 1 is 0.290 bits per heavy atom. The van der Waals surface area contributed by atoms with Crippen molar-refractivity contribution in [2.24, 2.45) is 0 Å². The monoisotopic (exact) mass is 829 g/mol. The van der Waals surface area contributed by atoms with Gasteiger partial charge in [0.1, 0.15) is 13.1 Å². The second-order valence-electron chi connectivity index (χ2n) is 18.9. The van der Waals surface area contributed by atoms with Crippen molar-refractivity contribution in [2.45, 2.75) is 194 Å². The molecule has 0 saturated heterocycles. The van der Waals surface area contributed by atoms with Crippen LogP contribution in [0.5, 0.6) is 0 Å². The number of fused-ring (bicyclic) bond motifs is 2. The summed E-state index contributed by atoms with van der Waals surface area (Å²) in [7, 11) is 0. The fourth-order valence-electron chi connectivity index (χ4n) is 10.4. The van der Waals surface area contributed by atoms with Crippen LogP contribution in [0, 0.1) is 0 Å². The highest BCUT2D eigenvalue weighted by Gasteiger charge is 2.16. The van der Waals surface area contributed by atoms with Gasteiger partial charge in [0.05, 0.1) is 0 Å². The van der Waals surface area contributed by atoms with Crippen LogP contribution in [0.4, 0.5) is 0 Å². The normalized spacial score (nSPS) is 11.9. The van der Waals surface area contributed by atoms with Crippen molar-refractivity contribution in [3.8, 4) is 11.1 Å². The zero-order chi connectivity index (χ0) is 42.6. The van der Waals surface area contributed by atoms with Crippen LogP contribution >= 0.6 is 0 Å². The molecular formula is C60H80N2+2. The molecule has 7 rings (SSSR count). The van der Waals surface area contributed by atoms with Crippen molar-refractivity contribution in [2.75, 3.05) is 0 Å². The molecule has 0 saturated carbocycles. The summed E-state index contributed by atoms with van der Waals surface area (Å²) in [5.41, 5.74) is 5.63. The van der Waals surface area contributed by atoms with Gasteiger partial charge in [-0.05, 0) is 104 Å². The quantitative estimate of drug-likeness (QED) is 0.0185. The lowest BCUT2D eigenvalue weighted by Gasteiger charge is -2.18. The van der Waals surface area contributed by atoms with Gasteiger partial charge in [0.25, 0.3) is 0 Å². The van der Waals surface area contributed by atoms with E-state index >= 15 is 0 Å². The number of nitrogens with zero attached hydrogens (tertiary/aromatic N) is 2. The van der Waals surface area contributed by atoms with Gasteiger partial charge in [-0.2, -0.15) is 0 Å². The Labute approximate surface area is 376 Å². The second-order valence-corrected chi connectivity index (χ2v) is 18.9. The van der Waals surface area contributed by atoms with Gasteiger partial charge in [-0.1, -0.05) is 190 Å². The van der Waals surface area contributed by atoms with E-state index < -0.39 is 0 Å². The fraction of sp³-hybridized carbons (Fsp3) is 0.500. The van der Waals surface area contributed by atoms with Crippen molar-refractivity contribution in [3.63, 3.8) is 0 Å². The zero-order valence-electron chi connectivity index (χ0n) is 39.1. The minimum absolute atomic E-state index is 1.08. The lowest BCUT2D eigenvalue weighted by molar-refractivity contribution is -0.697. The summed E-state index contributed by atoms with van der Waals surface area (Å²) < 4.78 is 4.73. The molecule has 0 atom stereocenters. The summed E-state index contributed by atoms with van der Waals surface area (Å²) >= 11 is 0. The van der Waals surface area contributed by atoms with Crippen LogP contribution in [-0.4, -0.2) is 0 Å². The molecule has 0 N–H and O–H groups in total. The summed E-state index contributed by atoms with van der Waals surface area (Å²) in [6.45, 7) is 6.81. The summed E-state index contributed by atoms with van der Waals surface area (Å²) in [5.74, 6) is 0. The molecule has 2 heterocycles. The van der Waals surface area contributed by atoms with E-state index in [1.807, 2.05) is 0 Å². The molecule has 0 fully saturated rings. The van der Waals surface area contributed by atoms with Gasteiger partial charge in [-0.25, -0.2) is 9.13 Å². The van der Waals surface area contributed by atoms with Crippen LogP contribution in [-0.2, 0) is 25.9 Å². The number of hydrogen-bond donors (Lipinski definition) is 0. The number of rotatable bonds is 30. The van der Waals surface area contributed by atoms with Gasteiger partial charge in [-0.15, -0.1) is 0 Å². The first kappa shape index (κ1) is 45.7. The van der Waals surface area contributed by atoms with Crippen molar-refractivity contribution in [1.82, 2.24) is 0 Å². The van der Waals surface area contributed by atoms with E-state index in [-0.39, 0.29) is 0 Å². The molecule has 0 spiro atoms. The van der Waals surface area contributed by atoms with Gasteiger partial charge in [0.2, 0.25) is 0 Å². The second kappa shape index (κ2) is 25.1. The van der Waals surface area contributed by atoms with Crippen molar-refractivity contribution in [3.05, 3.63) is 121 Å². The lowest BCUT2D eigenvalue weighted by atomic mass is 9.86. The van der Waals surface area contributed by atoms with E-state index in [0.29, 0.717) is 0 Å². The van der Waals surface area contributed by atoms with E-state index in [1.54, 1.807) is 0 Å². The Morgan fingerprint density at radius 3 is 0.984 bits per heavy atom. The van der Waals surface area contributed by atoms with E-state index in [9.17, 15) is 0 Å². The number of aryl methyl sites for hydroxylation is 4. The maximum absolute atomic E-state index is 2.44. The molecule has 0 radical (unpaired) electrons. The molecule has 0 aliphatic carbocycles. The van der Waals surface area contributed by atoms with Crippen LogP contribution in [0.2, 0.25) is 0 Å². The van der Waals surface area contributed by atoms with Gasteiger partial charge in [-0.3, -0.25) is 0 Å². The maximum atomic E-state index is 2.44. The van der Waals surface area contributed by atoms with Crippen molar-refractivity contribution < 1.29 is 9.13 Å². The Kier molecular flexibility index (Phi) is 18.5. The SMILES string of the molecule is CCCCCCCCCCCCCCCCCC[n+]1ccc(-c2cc[n+](CCCCCCc3ccc4c5ccc(CCCCCC)c6cccc(c7cccc3c74)c65)cc2)cc1. The third-order valence-corrected chi connectivity index (χ3v) is 14.1. The number of aromatic nitrogens is 2. The van der Waals surface area contributed by atoms with Crippen LogP contribution < -0.4 is 9.13 Å². The predicted octanol–water partition coefficient (Wildman–Crippen LogP) is 17.2. The highest BCUT2D eigenvalue weighted by molar-refractivity contribution is 6.33. The first-order chi connectivity index (χ1) is 30.7. The molecule has 7 aromatic rings. The third kappa shape index (κ3) is 12.7. The zero-order valence-corrected chi connectivity index (χ0v) is 39.1. The van der Waals surface area contributed by atoms with Crippen molar-refractivity contribution >= 4 is 43.1 Å². The van der Waals surface area contributed by atoms with Gasteiger partial charge in [0.15, 0.2) is 24.8 Å². The van der Waals surface area contributed by atoms with E-state index in [0.717, 1.165) is 19.5 Å². The average molecular weight is 829 g/mol. The van der Waals surface area contributed by atoms with Crippen LogP contribution in [0.25, 0.3) is 54.2 Å². The Morgan fingerprint density at radius 2 is 0.597 bits per heavy atom.